The third-order valence-corrected chi connectivity index (χ3v) is 1.50. The van der Waals surface area contributed by atoms with Gasteiger partial charge < -0.3 is 4.90 Å². The summed E-state index contributed by atoms with van der Waals surface area (Å²) in [7, 11) is 1.84. The Hall–Kier alpha value is -1.55. The molecule has 0 rings (SSSR count). The Morgan fingerprint density at radius 2 is 2.08 bits per heavy atom. The number of hydrogen-bond acceptors (Lipinski definition) is 3. The molecule has 0 unspecified atom stereocenters. The second-order valence-corrected chi connectivity index (χ2v) is 3.24. The summed E-state index contributed by atoms with van der Waals surface area (Å²) in [6.07, 6.45) is 1.89. The first-order valence-electron chi connectivity index (χ1n) is 4.15. The van der Waals surface area contributed by atoms with Gasteiger partial charge in [-0.3, -0.25) is 0 Å². The normalized spacial score (nSPS) is 10.8. The molecule has 0 aromatic carbocycles. The largest absolute Gasteiger partial charge is 0.361 e. The number of aliphatic imine (C=N–C) groups is 1. The molecule has 0 spiro atoms. The van der Waals surface area contributed by atoms with Crippen LogP contribution in [0.15, 0.2) is 4.99 Å². The van der Waals surface area contributed by atoms with E-state index in [2.05, 4.69) is 18.8 Å². The second-order valence-electron chi connectivity index (χ2n) is 3.24. The van der Waals surface area contributed by atoms with Gasteiger partial charge in [-0.1, -0.05) is 13.8 Å². The summed E-state index contributed by atoms with van der Waals surface area (Å²) < 4.78 is 0. The smallest absolute Gasteiger partial charge is 0.207 e. The predicted molar refractivity (Wildman–Crippen MR) is 50.7 cm³/mol. The number of hydrogen-bond donors (Lipinski definition) is 0. The van der Waals surface area contributed by atoms with Crippen molar-refractivity contribution in [3.8, 4) is 12.3 Å². The monoisotopic (exact) mass is 178 g/mol. The lowest BCUT2D eigenvalue weighted by molar-refractivity contribution is 0.421. The van der Waals surface area contributed by atoms with Gasteiger partial charge in [-0.2, -0.15) is 15.5 Å². The van der Waals surface area contributed by atoms with Crippen LogP contribution in [0.1, 0.15) is 20.3 Å². The maximum Gasteiger partial charge on any atom is 0.207 e. The van der Waals surface area contributed by atoms with Crippen LogP contribution in [0.2, 0.25) is 0 Å². The quantitative estimate of drug-likeness (QED) is 0.372. The fourth-order valence-electron chi connectivity index (χ4n) is 1.04. The first-order valence-corrected chi connectivity index (χ1v) is 4.15. The van der Waals surface area contributed by atoms with E-state index < -0.39 is 0 Å². The first-order chi connectivity index (χ1) is 6.11. The molecule has 0 fully saturated rings. The molecule has 0 saturated carbocycles. The van der Waals surface area contributed by atoms with E-state index in [1.807, 2.05) is 18.0 Å². The number of rotatable bonds is 3. The Labute approximate surface area is 79.1 Å². The Kier molecular flexibility index (Phi) is 5.30. The summed E-state index contributed by atoms with van der Waals surface area (Å²) in [5, 5.41) is 16.9. The van der Waals surface area contributed by atoms with Gasteiger partial charge in [0.05, 0.1) is 12.5 Å². The van der Waals surface area contributed by atoms with Gasteiger partial charge in [0.25, 0.3) is 0 Å². The minimum atomic E-state index is 0.191. The van der Waals surface area contributed by atoms with Crippen LogP contribution >= 0.6 is 0 Å². The zero-order chi connectivity index (χ0) is 10.3. The predicted octanol–water partition coefficient (Wildman–Crippen LogP) is 1.37. The van der Waals surface area contributed by atoms with Crippen LogP contribution in [-0.4, -0.2) is 24.3 Å². The van der Waals surface area contributed by atoms with Crippen LogP contribution in [0.5, 0.6) is 0 Å². The van der Waals surface area contributed by atoms with E-state index in [4.69, 9.17) is 10.5 Å². The molecule has 0 aromatic heterocycles. The van der Waals surface area contributed by atoms with E-state index in [1.165, 1.54) is 0 Å². The third kappa shape index (κ3) is 4.81. The van der Waals surface area contributed by atoms with Gasteiger partial charge in [0.15, 0.2) is 0 Å². The number of nitrogens with zero attached hydrogens (tertiary/aromatic N) is 4. The molecule has 0 N–H and O–H groups in total. The van der Waals surface area contributed by atoms with Crippen LogP contribution in [0, 0.1) is 28.7 Å². The van der Waals surface area contributed by atoms with Crippen LogP contribution in [0.25, 0.3) is 0 Å². The Morgan fingerprint density at radius 3 is 2.46 bits per heavy atom. The first kappa shape index (κ1) is 11.4. The van der Waals surface area contributed by atoms with Crippen molar-refractivity contribution in [2.45, 2.75) is 20.3 Å². The fourth-order valence-corrected chi connectivity index (χ4v) is 1.04. The van der Waals surface area contributed by atoms with Crippen molar-refractivity contribution in [1.82, 2.24) is 4.90 Å². The Morgan fingerprint density at radius 1 is 1.46 bits per heavy atom. The van der Waals surface area contributed by atoms with Gasteiger partial charge in [-0.15, -0.1) is 0 Å². The van der Waals surface area contributed by atoms with Gasteiger partial charge in [-0.25, -0.2) is 0 Å². The molecule has 0 saturated heterocycles. The summed E-state index contributed by atoms with van der Waals surface area (Å²) in [6.45, 7) is 4.96. The lowest BCUT2D eigenvalue weighted by Crippen LogP contribution is -2.29. The van der Waals surface area contributed by atoms with Crippen molar-refractivity contribution in [1.29, 1.82) is 10.5 Å². The summed E-state index contributed by atoms with van der Waals surface area (Å²) in [5.74, 6) is 1.03. The zero-order valence-corrected chi connectivity index (χ0v) is 8.28. The molecule has 0 atom stereocenters. The van der Waals surface area contributed by atoms with Crippen molar-refractivity contribution in [2.24, 2.45) is 10.9 Å². The molecular weight excluding hydrogens is 164 g/mol. The van der Waals surface area contributed by atoms with Crippen LogP contribution < -0.4 is 0 Å². The van der Waals surface area contributed by atoms with E-state index in [0.717, 1.165) is 6.54 Å². The minimum absolute atomic E-state index is 0.191. The van der Waals surface area contributed by atoms with Gasteiger partial charge in [-0.05, 0) is 5.92 Å². The highest BCUT2D eigenvalue weighted by molar-refractivity contribution is 5.84. The van der Waals surface area contributed by atoms with Crippen LogP contribution in [0.4, 0.5) is 0 Å². The molecule has 0 aliphatic rings. The Balaban J connectivity index is 4.32. The highest BCUT2D eigenvalue weighted by atomic mass is 15.2. The molecule has 0 radical (unpaired) electrons. The van der Waals surface area contributed by atoms with Crippen molar-refractivity contribution in [2.75, 3.05) is 13.6 Å². The number of nitriles is 2. The molecule has 0 aliphatic heterocycles. The molecule has 0 amide bonds. The molecule has 0 bridgehead atoms. The Bertz CT molecular complexity index is 254. The maximum absolute atomic E-state index is 8.48. The second kappa shape index (κ2) is 6.02. The summed E-state index contributed by atoms with van der Waals surface area (Å²) >= 11 is 0. The average molecular weight is 178 g/mol. The summed E-state index contributed by atoms with van der Waals surface area (Å²) in [5.41, 5.74) is 0. The lowest BCUT2D eigenvalue weighted by Gasteiger charge is -2.20. The van der Waals surface area contributed by atoms with Gasteiger partial charge in [0.2, 0.25) is 6.19 Å². The zero-order valence-electron chi connectivity index (χ0n) is 8.28. The average Bonchev–Trinajstić information content (AvgIpc) is 2.02. The van der Waals surface area contributed by atoms with Crippen molar-refractivity contribution < 1.29 is 0 Å². The minimum Gasteiger partial charge on any atom is -0.361 e. The molecule has 13 heavy (non-hydrogen) atoms. The van der Waals surface area contributed by atoms with E-state index in [0.29, 0.717) is 11.8 Å². The highest BCUT2D eigenvalue weighted by Crippen LogP contribution is 1.99. The fraction of sp³-hybridized carbons (Fsp3) is 0.667. The van der Waals surface area contributed by atoms with Crippen LogP contribution in [0.3, 0.4) is 0 Å². The number of amidine groups is 1. The van der Waals surface area contributed by atoms with E-state index in [-0.39, 0.29) is 6.42 Å². The van der Waals surface area contributed by atoms with E-state index in [9.17, 15) is 0 Å². The summed E-state index contributed by atoms with van der Waals surface area (Å²) in [6, 6.07) is 1.98. The molecular formula is C9H14N4. The SMILES string of the molecule is CC(C)CN(C)/C(CC#N)=N/C#N. The van der Waals surface area contributed by atoms with Gasteiger partial charge >= 0.3 is 0 Å². The molecule has 70 valence electrons. The maximum atomic E-state index is 8.48. The van der Waals surface area contributed by atoms with E-state index >= 15 is 0 Å². The standard InChI is InChI=1S/C9H14N4/c1-8(2)6-13(3)9(4-5-10)12-7-11/h8H,4,6H2,1-3H3/b12-9+. The molecule has 4 nitrogen and oxygen atoms in total. The molecule has 4 heteroatoms. The van der Waals surface area contributed by atoms with Crippen molar-refractivity contribution in [3.05, 3.63) is 0 Å². The topological polar surface area (TPSA) is 63.2 Å². The van der Waals surface area contributed by atoms with Crippen molar-refractivity contribution in [3.63, 3.8) is 0 Å². The van der Waals surface area contributed by atoms with Crippen molar-refractivity contribution >= 4 is 5.84 Å². The van der Waals surface area contributed by atoms with Gasteiger partial charge in [0.1, 0.15) is 5.84 Å². The highest BCUT2D eigenvalue weighted by Gasteiger charge is 2.07. The summed E-state index contributed by atoms with van der Waals surface area (Å²) in [4.78, 5) is 5.44. The third-order valence-electron chi connectivity index (χ3n) is 1.50. The van der Waals surface area contributed by atoms with Crippen LogP contribution in [-0.2, 0) is 0 Å². The lowest BCUT2D eigenvalue weighted by atomic mass is 10.2. The van der Waals surface area contributed by atoms with E-state index in [1.54, 1.807) is 6.19 Å². The van der Waals surface area contributed by atoms with Gasteiger partial charge in [0, 0.05) is 13.6 Å². The molecule has 0 heterocycles. The molecule has 0 aliphatic carbocycles. The molecule has 0 aromatic rings.